The zero-order valence-electron chi connectivity index (χ0n) is 10.1. The summed E-state index contributed by atoms with van der Waals surface area (Å²) >= 11 is 6.02. The summed E-state index contributed by atoms with van der Waals surface area (Å²) < 4.78 is 2.15. The Labute approximate surface area is 110 Å². The molecule has 2 heterocycles. The number of hydrogen-bond donors (Lipinski definition) is 0. The number of halogens is 1. The van der Waals surface area contributed by atoms with Crippen molar-refractivity contribution in [1.29, 1.82) is 0 Å². The third-order valence-electron chi connectivity index (χ3n) is 4.67. The summed E-state index contributed by atoms with van der Waals surface area (Å²) in [6.07, 6.45) is 9.05. The Balaban J connectivity index is 1.65. The van der Waals surface area contributed by atoms with Crippen LogP contribution in [0.25, 0.3) is 11.2 Å². The van der Waals surface area contributed by atoms with Gasteiger partial charge in [0.2, 0.25) is 0 Å². The molecule has 0 N–H and O–H groups in total. The molecule has 2 aromatic rings. The largest absolute Gasteiger partial charge is 0.315 e. The first-order chi connectivity index (χ1) is 8.81. The van der Waals surface area contributed by atoms with Gasteiger partial charge < -0.3 is 4.57 Å². The van der Waals surface area contributed by atoms with Gasteiger partial charge in [-0.05, 0) is 37.0 Å². The van der Waals surface area contributed by atoms with E-state index < -0.39 is 0 Å². The number of hydrogen-bond acceptors (Lipinski definition) is 3. The van der Waals surface area contributed by atoms with Crippen molar-refractivity contribution >= 4 is 22.8 Å². The van der Waals surface area contributed by atoms with Gasteiger partial charge in [0.05, 0.1) is 6.33 Å². The lowest BCUT2D eigenvalue weighted by Gasteiger charge is -2.21. The summed E-state index contributed by atoms with van der Waals surface area (Å²) in [6.45, 7) is 1.03. The molecule has 0 unspecified atom stereocenters. The third kappa shape index (κ3) is 1.55. The molecule has 2 bridgehead atoms. The van der Waals surface area contributed by atoms with E-state index in [0.717, 1.165) is 35.5 Å². The molecule has 2 fully saturated rings. The lowest BCUT2D eigenvalue weighted by atomic mass is 9.89. The monoisotopic (exact) mass is 262 g/mol. The highest BCUT2D eigenvalue weighted by molar-refractivity contribution is 6.33. The van der Waals surface area contributed by atoms with Crippen molar-refractivity contribution < 1.29 is 0 Å². The fraction of sp³-hybridized carbons (Fsp3) is 0.615. The Hall–Kier alpha value is -1.16. The molecule has 5 heteroatoms. The van der Waals surface area contributed by atoms with Crippen molar-refractivity contribution in [2.24, 2.45) is 17.8 Å². The normalized spacial score (nSPS) is 30.4. The van der Waals surface area contributed by atoms with Gasteiger partial charge in [0.1, 0.15) is 11.8 Å². The van der Waals surface area contributed by atoms with Gasteiger partial charge >= 0.3 is 0 Å². The molecule has 2 aliphatic carbocycles. The van der Waals surface area contributed by atoms with Gasteiger partial charge in [-0.15, -0.1) is 0 Å². The van der Waals surface area contributed by atoms with E-state index >= 15 is 0 Å². The Bertz CT molecular complexity index is 594. The summed E-state index contributed by atoms with van der Waals surface area (Å²) in [7, 11) is 0. The summed E-state index contributed by atoms with van der Waals surface area (Å²) in [5.41, 5.74) is 1.60. The van der Waals surface area contributed by atoms with Gasteiger partial charge in [0, 0.05) is 6.54 Å². The van der Waals surface area contributed by atoms with Crippen LogP contribution in [0.3, 0.4) is 0 Å². The van der Waals surface area contributed by atoms with Crippen LogP contribution in [0.5, 0.6) is 0 Å². The minimum absolute atomic E-state index is 0.451. The minimum atomic E-state index is 0.451. The quantitative estimate of drug-likeness (QED) is 0.782. The number of rotatable bonds is 2. The smallest absolute Gasteiger partial charge is 0.164 e. The van der Waals surface area contributed by atoms with E-state index in [1.807, 2.05) is 6.33 Å². The standard InChI is InChI=1S/C13H15ClN4/c14-12-11-13(16-6-15-12)18(7-17-11)5-10-4-8-1-2-9(10)3-8/h6-10H,1-5H2/t8-,9+,10-/m0/s1. The van der Waals surface area contributed by atoms with E-state index in [1.165, 1.54) is 32.0 Å². The lowest BCUT2D eigenvalue weighted by Crippen LogP contribution is -2.17. The van der Waals surface area contributed by atoms with Crippen molar-refractivity contribution in [3.05, 3.63) is 17.8 Å². The highest BCUT2D eigenvalue weighted by Gasteiger charge is 2.39. The van der Waals surface area contributed by atoms with Gasteiger partial charge in [0.25, 0.3) is 0 Å². The maximum absolute atomic E-state index is 6.02. The summed E-state index contributed by atoms with van der Waals surface area (Å²) in [5.74, 6) is 2.70. The maximum Gasteiger partial charge on any atom is 0.164 e. The van der Waals surface area contributed by atoms with Crippen molar-refractivity contribution in [3.63, 3.8) is 0 Å². The van der Waals surface area contributed by atoms with Crippen LogP contribution in [-0.4, -0.2) is 19.5 Å². The highest BCUT2D eigenvalue weighted by Crippen LogP contribution is 2.48. The van der Waals surface area contributed by atoms with Crippen molar-refractivity contribution in [2.75, 3.05) is 0 Å². The number of nitrogens with zero attached hydrogens (tertiary/aromatic N) is 4. The predicted octanol–water partition coefficient (Wildman–Crippen LogP) is 2.92. The molecule has 0 aliphatic heterocycles. The number of imidazole rings is 1. The van der Waals surface area contributed by atoms with E-state index in [-0.39, 0.29) is 0 Å². The SMILES string of the molecule is Clc1ncnc2c1ncn2C[C@@H]1C[C@H]2CC[C@@H]1C2. The van der Waals surface area contributed by atoms with Gasteiger partial charge in [-0.25, -0.2) is 15.0 Å². The first-order valence-corrected chi connectivity index (χ1v) is 7.00. The molecule has 4 rings (SSSR count). The van der Waals surface area contributed by atoms with Crippen LogP contribution in [0.4, 0.5) is 0 Å². The first kappa shape index (κ1) is 10.7. The van der Waals surface area contributed by atoms with E-state index in [4.69, 9.17) is 11.6 Å². The summed E-state index contributed by atoms with van der Waals surface area (Å²) in [6, 6.07) is 0. The Morgan fingerprint density at radius 3 is 2.94 bits per heavy atom. The molecule has 2 saturated carbocycles. The van der Waals surface area contributed by atoms with E-state index in [9.17, 15) is 0 Å². The number of aromatic nitrogens is 4. The van der Waals surface area contributed by atoms with Crippen LogP contribution >= 0.6 is 11.6 Å². The molecule has 3 atom stereocenters. The molecular weight excluding hydrogens is 248 g/mol. The van der Waals surface area contributed by atoms with Gasteiger partial charge in [0.15, 0.2) is 10.8 Å². The molecule has 0 radical (unpaired) electrons. The van der Waals surface area contributed by atoms with Crippen molar-refractivity contribution in [1.82, 2.24) is 19.5 Å². The van der Waals surface area contributed by atoms with Gasteiger partial charge in [-0.2, -0.15) is 0 Å². The van der Waals surface area contributed by atoms with Crippen LogP contribution in [0.15, 0.2) is 12.7 Å². The fourth-order valence-electron chi connectivity index (χ4n) is 3.84. The summed E-state index contributed by atoms with van der Waals surface area (Å²) in [4.78, 5) is 12.6. The summed E-state index contributed by atoms with van der Waals surface area (Å²) in [5, 5.41) is 0.451. The Morgan fingerprint density at radius 2 is 2.17 bits per heavy atom. The minimum Gasteiger partial charge on any atom is -0.315 e. The molecular formula is C13H15ClN4. The second-order valence-electron chi connectivity index (χ2n) is 5.67. The molecule has 4 nitrogen and oxygen atoms in total. The van der Waals surface area contributed by atoms with Gasteiger partial charge in [-0.1, -0.05) is 18.0 Å². The molecule has 94 valence electrons. The molecule has 0 spiro atoms. The molecule has 2 aliphatic rings. The number of fused-ring (bicyclic) bond motifs is 3. The van der Waals surface area contributed by atoms with Crippen LogP contribution in [0, 0.1) is 17.8 Å². The zero-order chi connectivity index (χ0) is 12.1. The van der Waals surface area contributed by atoms with Gasteiger partial charge in [-0.3, -0.25) is 0 Å². The molecule has 0 amide bonds. The lowest BCUT2D eigenvalue weighted by molar-refractivity contribution is 0.298. The highest BCUT2D eigenvalue weighted by atomic mass is 35.5. The Morgan fingerprint density at radius 1 is 1.22 bits per heavy atom. The second-order valence-corrected chi connectivity index (χ2v) is 6.03. The molecule has 0 saturated heterocycles. The van der Waals surface area contributed by atoms with Crippen molar-refractivity contribution in [2.45, 2.75) is 32.2 Å². The molecule has 0 aromatic carbocycles. The molecule has 2 aromatic heterocycles. The second kappa shape index (κ2) is 3.92. The van der Waals surface area contributed by atoms with Crippen LogP contribution in [0.1, 0.15) is 25.7 Å². The van der Waals surface area contributed by atoms with Crippen LogP contribution in [0.2, 0.25) is 5.15 Å². The maximum atomic E-state index is 6.02. The zero-order valence-corrected chi connectivity index (χ0v) is 10.8. The third-order valence-corrected chi connectivity index (χ3v) is 4.95. The first-order valence-electron chi connectivity index (χ1n) is 6.62. The predicted molar refractivity (Wildman–Crippen MR) is 69.3 cm³/mol. The van der Waals surface area contributed by atoms with Crippen molar-refractivity contribution in [3.8, 4) is 0 Å². The van der Waals surface area contributed by atoms with E-state index in [1.54, 1.807) is 0 Å². The molecule has 18 heavy (non-hydrogen) atoms. The van der Waals surface area contributed by atoms with E-state index in [0.29, 0.717) is 5.15 Å². The average molecular weight is 263 g/mol. The van der Waals surface area contributed by atoms with Crippen LogP contribution < -0.4 is 0 Å². The van der Waals surface area contributed by atoms with Crippen LogP contribution in [-0.2, 0) is 6.54 Å². The fourth-order valence-corrected chi connectivity index (χ4v) is 4.02. The van der Waals surface area contributed by atoms with E-state index in [2.05, 4.69) is 19.5 Å². The topological polar surface area (TPSA) is 43.6 Å². The average Bonchev–Trinajstić information content (AvgIpc) is 3.05. The Kier molecular flexibility index (Phi) is 2.34.